The Balaban J connectivity index is 1.43. The third-order valence-corrected chi connectivity index (χ3v) is 6.80. The third-order valence-electron chi connectivity index (χ3n) is 6.80. The van der Waals surface area contributed by atoms with Gasteiger partial charge in [-0.25, -0.2) is 0 Å². The predicted octanol–water partition coefficient (Wildman–Crippen LogP) is 3.29. The number of piperidine rings is 1. The van der Waals surface area contributed by atoms with E-state index in [4.69, 9.17) is 9.47 Å². The van der Waals surface area contributed by atoms with Crippen molar-refractivity contribution < 1.29 is 23.9 Å². The summed E-state index contributed by atoms with van der Waals surface area (Å²) < 4.78 is 10.7. The van der Waals surface area contributed by atoms with Crippen molar-refractivity contribution in [3.63, 3.8) is 0 Å². The number of ether oxygens (including phenoxy) is 2. The molecule has 2 aromatic rings. The van der Waals surface area contributed by atoms with Crippen LogP contribution < -0.4 is 20.1 Å². The number of hydrogen-bond donors (Lipinski definition) is 2. The molecule has 2 aromatic carbocycles. The van der Waals surface area contributed by atoms with Gasteiger partial charge in [-0.2, -0.15) is 0 Å². The molecule has 8 heteroatoms. The van der Waals surface area contributed by atoms with Crippen molar-refractivity contribution in [3.05, 3.63) is 59.2 Å². The molecule has 186 valence electrons. The van der Waals surface area contributed by atoms with Crippen LogP contribution in [0.2, 0.25) is 0 Å². The molecule has 0 aliphatic carbocycles. The predicted molar refractivity (Wildman–Crippen MR) is 132 cm³/mol. The van der Waals surface area contributed by atoms with Crippen LogP contribution in [0, 0.1) is 12.8 Å². The van der Waals surface area contributed by atoms with Gasteiger partial charge >= 0.3 is 0 Å². The fraction of sp³-hybridized carbons (Fsp3) is 0.444. The van der Waals surface area contributed by atoms with E-state index in [1.54, 1.807) is 35.2 Å². The summed E-state index contributed by atoms with van der Waals surface area (Å²) in [6.45, 7) is 7.08. The summed E-state index contributed by atoms with van der Waals surface area (Å²) in [5.74, 6) is 0.611. The number of nitrogens with one attached hydrogen (secondary N) is 2. The molecule has 2 N–H and O–H groups in total. The Kier molecular flexibility index (Phi) is 7.58. The van der Waals surface area contributed by atoms with Crippen LogP contribution in [0.4, 0.5) is 0 Å². The number of carbonyl (C=O) groups is 3. The Labute approximate surface area is 206 Å². The molecule has 0 bridgehead atoms. The number of aryl methyl sites for hydroxylation is 1. The molecule has 3 amide bonds. The van der Waals surface area contributed by atoms with Crippen molar-refractivity contribution in [1.29, 1.82) is 0 Å². The quantitative estimate of drug-likeness (QED) is 0.635. The fourth-order valence-electron chi connectivity index (χ4n) is 4.41. The van der Waals surface area contributed by atoms with E-state index in [0.29, 0.717) is 48.6 Å². The minimum Gasteiger partial charge on any atom is -0.454 e. The van der Waals surface area contributed by atoms with E-state index in [1.165, 1.54) is 0 Å². The molecule has 2 aliphatic rings. The van der Waals surface area contributed by atoms with E-state index in [-0.39, 0.29) is 36.5 Å². The van der Waals surface area contributed by atoms with E-state index in [2.05, 4.69) is 10.6 Å². The van der Waals surface area contributed by atoms with Gasteiger partial charge in [0.25, 0.3) is 11.8 Å². The molecule has 0 unspecified atom stereocenters. The van der Waals surface area contributed by atoms with E-state index in [1.807, 2.05) is 32.9 Å². The monoisotopic (exact) mass is 479 g/mol. The Morgan fingerprint density at radius 2 is 1.63 bits per heavy atom. The van der Waals surface area contributed by atoms with E-state index >= 15 is 0 Å². The molecule has 2 heterocycles. The van der Waals surface area contributed by atoms with Crippen molar-refractivity contribution in [3.8, 4) is 11.5 Å². The summed E-state index contributed by atoms with van der Waals surface area (Å²) in [6, 6.07) is 11.8. The highest BCUT2D eigenvalue weighted by Crippen LogP contribution is 2.33. The van der Waals surface area contributed by atoms with Gasteiger partial charge in [0.1, 0.15) is 6.04 Å². The molecular weight excluding hydrogens is 446 g/mol. The summed E-state index contributed by atoms with van der Waals surface area (Å²) in [6.07, 6.45) is 2.03. The molecule has 0 spiro atoms. The summed E-state index contributed by atoms with van der Waals surface area (Å²) in [4.78, 5) is 40.9. The molecule has 2 aliphatic heterocycles. The number of hydrogen-bond acceptors (Lipinski definition) is 5. The van der Waals surface area contributed by atoms with Gasteiger partial charge in [0.15, 0.2) is 11.5 Å². The SMILES string of the molecule is CC[C@H](C)NC(=O)[C@@H](NC(=O)c1ccc(C)cc1)C1CCN(C(=O)c2ccc3c(c2)OCO3)CC1. The standard InChI is InChI=1S/C27H33N3O5/c1-4-18(3)28-26(32)24(29-25(31)20-7-5-17(2)6-8-20)19-11-13-30(14-12-19)27(33)21-9-10-22-23(15-21)35-16-34-22/h5-10,15,18-19,24H,4,11-14,16H2,1-3H3,(H,28,32)(H,29,31)/t18-,24-/m0/s1. The van der Waals surface area contributed by atoms with Crippen LogP contribution in [0.25, 0.3) is 0 Å². The summed E-state index contributed by atoms with van der Waals surface area (Å²) in [5.41, 5.74) is 2.13. The summed E-state index contributed by atoms with van der Waals surface area (Å²) in [5, 5.41) is 5.99. The molecule has 4 rings (SSSR count). The van der Waals surface area contributed by atoms with Crippen LogP contribution in [0.3, 0.4) is 0 Å². The Morgan fingerprint density at radius 3 is 2.31 bits per heavy atom. The summed E-state index contributed by atoms with van der Waals surface area (Å²) >= 11 is 0. The first-order valence-electron chi connectivity index (χ1n) is 12.2. The number of rotatable bonds is 7. The van der Waals surface area contributed by atoms with Gasteiger partial charge in [-0.3, -0.25) is 14.4 Å². The lowest BCUT2D eigenvalue weighted by Crippen LogP contribution is -2.55. The minimum atomic E-state index is -0.666. The first-order valence-corrected chi connectivity index (χ1v) is 12.2. The second kappa shape index (κ2) is 10.8. The molecule has 35 heavy (non-hydrogen) atoms. The fourth-order valence-corrected chi connectivity index (χ4v) is 4.41. The van der Waals surface area contributed by atoms with Crippen LogP contribution in [-0.2, 0) is 4.79 Å². The molecule has 1 saturated heterocycles. The van der Waals surface area contributed by atoms with Crippen molar-refractivity contribution in [2.75, 3.05) is 19.9 Å². The van der Waals surface area contributed by atoms with Crippen LogP contribution >= 0.6 is 0 Å². The van der Waals surface area contributed by atoms with Gasteiger partial charge < -0.3 is 25.0 Å². The van der Waals surface area contributed by atoms with Gasteiger partial charge in [0, 0.05) is 30.3 Å². The smallest absolute Gasteiger partial charge is 0.253 e. The first-order chi connectivity index (χ1) is 16.9. The van der Waals surface area contributed by atoms with Crippen molar-refractivity contribution in [2.45, 2.75) is 52.1 Å². The van der Waals surface area contributed by atoms with Crippen LogP contribution in [0.5, 0.6) is 11.5 Å². The number of benzene rings is 2. The number of nitrogens with zero attached hydrogens (tertiary/aromatic N) is 1. The van der Waals surface area contributed by atoms with Crippen molar-refractivity contribution >= 4 is 17.7 Å². The zero-order valence-corrected chi connectivity index (χ0v) is 20.5. The van der Waals surface area contributed by atoms with Gasteiger partial charge in [0.2, 0.25) is 12.7 Å². The van der Waals surface area contributed by atoms with E-state index < -0.39 is 6.04 Å². The Morgan fingerprint density at radius 1 is 0.971 bits per heavy atom. The number of likely N-dealkylation sites (tertiary alicyclic amines) is 1. The molecule has 1 fully saturated rings. The highest BCUT2D eigenvalue weighted by Gasteiger charge is 2.34. The maximum absolute atomic E-state index is 13.1. The van der Waals surface area contributed by atoms with Gasteiger partial charge in [-0.1, -0.05) is 24.6 Å². The van der Waals surface area contributed by atoms with Crippen LogP contribution in [0.1, 0.15) is 59.4 Å². The minimum absolute atomic E-state index is 0.00829. The van der Waals surface area contributed by atoms with Crippen LogP contribution in [0.15, 0.2) is 42.5 Å². The Bertz CT molecular complexity index is 1080. The van der Waals surface area contributed by atoms with Crippen LogP contribution in [-0.4, -0.2) is 54.6 Å². The lowest BCUT2D eigenvalue weighted by Gasteiger charge is -2.36. The topological polar surface area (TPSA) is 97.0 Å². The summed E-state index contributed by atoms with van der Waals surface area (Å²) in [7, 11) is 0. The number of amides is 3. The second-order valence-corrected chi connectivity index (χ2v) is 9.33. The lowest BCUT2D eigenvalue weighted by molar-refractivity contribution is -0.125. The average molecular weight is 480 g/mol. The molecule has 2 atom stereocenters. The van der Waals surface area contributed by atoms with Gasteiger partial charge in [-0.15, -0.1) is 0 Å². The molecular formula is C27H33N3O5. The highest BCUT2D eigenvalue weighted by molar-refractivity contribution is 5.98. The average Bonchev–Trinajstić information content (AvgIpc) is 3.35. The number of fused-ring (bicyclic) bond motifs is 1. The molecule has 8 nitrogen and oxygen atoms in total. The number of carbonyl (C=O) groups excluding carboxylic acids is 3. The van der Waals surface area contributed by atoms with E-state index in [9.17, 15) is 14.4 Å². The largest absolute Gasteiger partial charge is 0.454 e. The second-order valence-electron chi connectivity index (χ2n) is 9.33. The van der Waals surface area contributed by atoms with Gasteiger partial charge in [0.05, 0.1) is 0 Å². The van der Waals surface area contributed by atoms with E-state index in [0.717, 1.165) is 12.0 Å². The molecule has 0 saturated carbocycles. The zero-order valence-electron chi connectivity index (χ0n) is 20.5. The lowest BCUT2D eigenvalue weighted by atomic mass is 9.88. The first kappa shape index (κ1) is 24.6. The Hall–Kier alpha value is -3.55. The van der Waals surface area contributed by atoms with Crippen molar-refractivity contribution in [1.82, 2.24) is 15.5 Å². The van der Waals surface area contributed by atoms with Gasteiger partial charge in [-0.05, 0) is 69.4 Å². The maximum atomic E-state index is 13.1. The molecule has 0 aromatic heterocycles. The maximum Gasteiger partial charge on any atom is 0.253 e. The highest BCUT2D eigenvalue weighted by atomic mass is 16.7. The van der Waals surface area contributed by atoms with Crippen molar-refractivity contribution in [2.24, 2.45) is 5.92 Å². The zero-order chi connectivity index (χ0) is 24.9. The normalized spacial score (nSPS) is 16.9. The third kappa shape index (κ3) is 5.75. The molecule has 0 radical (unpaired) electrons.